The van der Waals surface area contributed by atoms with Crippen molar-refractivity contribution in [3.8, 4) is 0 Å². The normalized spacial score (nSPS) is 11.4. The van der Waals surface area contributed by atoms with E-state index in [2.05, 4.69) is 10.6 Å². The van der Waals surface area contributed by atoms with Crippen molar-refractivity contribution in [2.24, 2.45) is 11.7 Å². The lowest BCUT2D eigenvalue weighted by molar-refractivity contribution is -0.142. The molecule has 10 nitrogen and oxygen atoms in total. The molecule has 0 aromatic heterocycles. The zero-order valence-electron chi connectivity index (χ0n) is 16.6. The third kappa shape index (κ3) is 11.0. The van der Waals surface area contributed by atoms with E-state index in [1.54, 1.807) is 0 Å². The molecule has 1 aromatic rings. The van der Waals surface area contributed by atoms with Gasteiger partial charge in [0.25, 0.3) is 0 Å². The van der Waals surface area contributed by atoms with Gasteiger partial charge in [-0.1, -0.05) is 30.3 Å². The number of benzene rings is 1. The Kier molecular flexibility index (Phi) is 11.6. The van der Waals surface area contributed by atoms with Gasteiger partial charge in [-0.15, -0.1) is 0 Å². The number of carboxylic acids is 1. The number of carbonyl (C=O) groups is 5. The minimum atomic E-state index is -1.13. The van der Waals surface area contributed by atoms with E-state index in [4.69, 9.17) is 15.6 Å². The van der Waals surface area contributed by atoms with Crippen LogP contribution in [0.2, 0.25) is 0 Å². The number of ketones is 2. The first-order valence-electron chi connectivity index (χ1n) is 9.43. The molecular formula is C20H27N3O7. The first-order chi connectivity index (χ1) is 14.3. The smallest absolute Gasteiger partial charge is 0.329 e. The third-order valence-corrected chi connectivity index (χ3v) is 4.05. The number of carboxylic acid groups (broad SMARTS) is 1. The average Bonchev–Trinajstić information content (AvgIpc) is 2.73. The lowest BCUT2D eigenvalue weighted by atomic mass is 9.93. The molecule has 1 rings (SSSR count). The summed E-state index contributed by atoms with van der Waals surface area (Å²) in [5.74, 6) is -3.44. The van der Waals surface area contributed by atoms with Crippen LogP contribution in [0.25, 0.3) is 0 Å². The van der Waals surface area contributed by atoms with Gasteiger partial charge in [0, 0.05) is 18.8 Å². The summed E-state index contributed by atoms with van der Waals surface area (Å²) in [6.45, 7) is -1.28. The van der Waals surface area contributed by atoms with Crippen LogP contribution in [0.1, 0.15) is 18.4 Å². The van der Waals surface area contributed by atoms with Crippen molar-refractivity contribution in [1.29, 1.82) is 0 Å². The van der Waals surface area contributed by atoms with Crippen LogP contribution < -0.4 is 16.4 Å². The van der Waals surface area contributed by atoms with Crippen molar-refractivity contribution in [1.82, 2.24) is 10.6 Å². The largest absolute Gasteiger partial charge is 0.480 e. The van der Waals surface area contributed by atoms with Crippen LogP contribution in [-0.4, -0.2) is 67.3 Å². The molecule has 0 aliphatic rings. The number of hydrogen-bond acceptors (Lipinski definition) is 7. The molecule has 0 spiro atoms. The summed E-state index contributed by atoms with van der Waals surface area (Å²) in [5.41, 5.74) is 6.03. The Balaban J connectivity index is 2.58. The number of amides is 2. The summed E-state index contributed by atoms with van der Waals surface area (Å²) in [6, 6.07) is 9.11. The van der Waals surface area contributed by atoms with Gasteiger partial charge in [0.1, 0.15) is 6.61 Å². The maximum absolute atomic E-state index is 12.6. The van der Waals surface area contributed by atoms with E-state index < -0.39 is 30.3 Å². The second-order valence-electron chi connectivity index (χ2n) is 6.56. The molecule has 0 saturated heterocycles. The molecule has 0 aliphatic heterocycles. The van der Waals surface area contributed by atoms with Crippen LogP contribution in [-0.2, 0) is 35.1 Å². The fourth-order valence-electron chi connectivity index (χ4n) is 2.54. The topological polar surface area (TPSA) is 165 Å². The van der Waals surface area contributed by atoms with E-state index in [0.717, 1.165) is 5.56 Å². The SMILES string of the molecule is NCC(=O)NCC(=O)C[C@@H](Cc1ccccc1)C(=O)NCC(=O)CCOCC(=O)O. The summed E-state index contributed by atoms with van der Waals surface area (Å²) in [7, 11) is 0. The number of aliphatic carboxylic acids is 1. The molecular weight excluding hydrogens is 394 g/mol. The quantitative estimate of drug-likeness (QED) is 0.263. The number of Topliss-reactive ketones (excluding diaryl/α,β-unsaturated/α-hetero) is 2. The molecule has 2 amide bonds. The maximum atomic E-state index is 12.6. The highest BCUT2D eigenvalue weighted by atomic mass is 16.5. The van der Waals surface area contributed by atoms with Crippen LogP contribution >= 0.6 is 0 Å². The molecule has 1 aromatic carbocycles. The summed E-state index contributed by atoms with van der Waals surface area (Å²) in [4.78, 5) is 58.1. The minimum Gasteiger partial charge on any atom is -0.480 e. The van der Waals surface area contributed by atoms with Crippen molar-refractivity contribution >= 4 is 29.4 Å². The first-order valence-corrected chi connectivity index (χ1v) is 9.43. The molecule has 0 fully saturated rings. The molecule has 10 heteroatoms. The second kappa shape index (κ2) is 14.0. The monoisotopic (exact) mass is 421 g/mol. The molecule has 1 atom stereocenters. The number of nitrogens with one attached hydrogen (secondary N) is 2. The predicted octanol–water partition coefficient (Wildman–Crippen LogP) is -0.944. The Labute approximate surface area is 174 Å². The number of carbonyl (C=O) groups excluding carboxylic acids is 4. The highest BCUT2D eigenvalue weighted by Crippen LogP contribution is 2.13. The molecule has 0 aliphatic carbocycles. The molecule has 164 valence electrons. The molecule has 5 N–H and O–H groups in total. The van der Waals surface area contributed by atoms with Crippen LogP contribution in [0.3, 0.4) is 0 Å². The van der Waals surface area contributed by atoms with Gasteiger partial charge in [-0.05, 0) is 12.0 Å². The van der Waals surface area contributed by atoms with Gasteiger partial charge in [0.2, 0.25) is 11.8 Å². The van der Waals surface area contributed by atoms with Crippen molar-refractivity contribution < 1.29 is 33.8 Å². The van der Waals surface area contributed by atoms with Gasteiger partial charge in [-0.2, -0.15) is 0 Å². The van der Waals surface area contributed by atoms with E-state index >= 15 is 0 Å². The lowest BCUT2D eigenvalue weighted by Gasteiger charge is -2.16. The van der Waals surface area contributed by atoms with E-state index in [-0.39, 0.29) is 50.6 Å². The molecule has 0 bridgehead atoms. The van der Waals surface area contributed by atoms with Crippen molar-refractivity contribution in [2.75, 3.05) is 32.8 Å². The van der Waals surface area contributed by atoms with E-state index in [9.17, 15) is 24.0 Å². The zero-order valence-corrected chi connectivity index (χ0v) is 16.6. The van der Waals surface area contributed by atoms with Crippen LogP contribution in [0.15, 0.2) is 30.3 Å². The molecule has 0 radical (unpaired) electrons. The van der Waals surface area contributed by atoms with Gasteiger partial charge in [-0.3, -0.25) is 19.2 Å². The standard InChI is InChI=1S/C20H27N3O7/c21-10-18(26)22-12-17(25)9-15(8-14-4-2-1-3-5-14)20(29)23-11-16(24)6-7-30-13-19(27)28/h1-5,15H,6-13,21H2,(H,22,26)(H,23,29)(H,27,28)/t15-/m1/s1. The molecule has 0 saturated carbocycles. The first kappa shape index (κ1) is 24.9. The summed E-state index contributed by atoms with van der Waals surface area (Å²) < 4.78 is 4.79. The second-order valence-corrected chi connectivity index (χ2v) is 6.56. The molecule has 0 unspecified atom stereocenters. The Bertz CT molecular complexity index is 737. The third-order valence-electron chi connectivity index (χ3n) is 4.05. The average molecular weight is 421 g/mol. The summed E-state index contributed by atoms with van der Waals surface area (Å²) >= 11 is 0. The van der Waals surface area contributed by atoms with Crippen molar-refractivity contribution in [3.63, 3.8) is 0 Å². The number of ether oxygens (including phenoxy) is 1. The maximum Gasteiger partial charge on any atom is 0.329 e. The fraction of sp³-hybridized carbons (Fsp3) is 0.450. The Morgan fingerprint density at radius 1 is 1.00 bits per heavy atom. The predicted molar refractivity (Wildman–Crippen MR) is 106 cm³/mol. The van der Waals surface area contributed by atoms with Crippen molar-refractivity contribution in [2.45, 2.75) is 19.3 Å². The van der Waals surface area contributed by atoms with Gasteiger partial charge < -0.3 is 26.2 Å². The highest BCUT2D eigenvalue weighted by molar-refractivity contribution is 5.92. The summed E-state index contributed by atoms with van der Waals surface area (Å²) in [6.07, 6.45) is 0.140. The number of hydrogen-bond donors (Lipinski definition) is 4. The highest BCUT2D eigenvalue weighted by Gasteiger charge is 2.23. The lowest BCUT2D eigenvalue weighted by Crippen LogP contribution is -2.39. The Morgan fingerprint density at radius 3 is 2.30 bits per heavy atom. The van der Waals surface area contributed by atoms with E-state index in [1.165, 1.54) is 0 Å². The van der Waals surface area contributed by atoms with Crippen molar-refractivity contribution in [3.05, 3.63) is 35.9 Å². The molecule has 30 heavy (non-hydrogen) atoms. The minimum absolute atomic E-state index is 0.0407. The van der Waals surface area contributed by atoms with Gasteiger partial charge in [-0.25, -0.2) is 4.79 Å². The Morgan fingerprint density at radius 2 is 1.67 bits per heavy atom. The van der Waals surface area contributed by atoms with E-state index in [1.807, 2.05) is 30.3 Å². The Hall–Kier alpha value is -3.11. The van der Waals surface area contributed by atoms with Gasteiger partial charge in [0.05, 0.1) is 26.2 Å². The number of rotatable bonds is 15. The van der Waals surface area contributed by atoms with E-state index in [0.29, 0.717) is 6.42 Å². The summed E-state index contributed by atoms with van der Waals surface area (Å²) in [5, 5.41) is 13.4. The fourth-order valence-corrected chi connectivity index (χ4v) is 2.54. The molecule has 0 heterocycles. The van der Waals surface area contributed by atoms with Gasteiger partial charge >= 0.3 is 5.97 Å². The van der Waals surface area contributed by atoms with Crippen LogP contribution in [0.5, 0.6) is 0 Å². The number of nitrogens with two attached hydrogens (primary N) is 1. The van der Waals surface area contributed by atoms with Crippen LogP contribution in [0.4, 0.5) is 0 Å². The van der Waals surface area contributed by atoms with Gasteiger partial charge in [0.15, 0.2) is 11.6 Å². The van der Waals surface area contributed by atoms with Crippen LogP contribution in [0, 0.1) is 5.92 Å². The zero-order chi connectivity index (χ0) is 22.4.